The number of halogens is 3. The van der Waals surface area contributed by atoms with E-state index in [-0.39, 0.29) is 0 Å². The number of ether oxygens (including phenoxy) is 1. The van der Waals surface area contributed by atoms with E-state index < -0.39 is 18.9 Å². The summed E-state index contributed by atoms with van der Waals surface area (Å²) in [5.74, 6) is 0. The molecule has 1 amide bonds. The molecule has 2 N–H and O–H groups in total. The van der Waals surface area contributed by atoms with Crippen LogP contribution in [0.25, 0.3) is 10.9 Å². The second kappa shape index (κ2) is 4.55. The number of amides is 1. The maximum atomic E-state index is 11.8. The quantitative estimate of drug-likeness (QED) is 0.871. The highest BCUT2D eigenvalue weighted by atomic mass is 19.4. The zero-order valence-electron chi connectivity index (χ0n) is 8.91. The van der Waals surface area contributed by atoms with Gasteiger partial charge >= 0.3 is 12.3 Å². The number of hydrogen-bond donors (Lipinski definition) is 2. The Kier molecular flexibility index (Phi) is 3.09. The summed E-state index contributed by atoms with van der Waals surface area (Å²) >= 11 is 0. The van der Waals surface area contributed by atoms with E-state index in [4.69, 9.17) is 0 Å². The molecule has 8 heteroatoms. The van der Waals surface area contributed by atoms with Crippen LogP contribution >= 0.6 is 0 Å². The normalized spacial score (nSPS) is 11.5. The van der Waals surface area contributed by atoms with E-state index >= 15 is 0 Å². The zero-order valence-corrected chi connectivity index (χ0v) is 8.91. The number of aromatic amines is 1. The van der Waals surface area contributed by atoms with Crippen LogP contribution in [0.5, 0.6) is 0 Å². The van der Waals surface area contributed by atoms with Crippen molar-refractivity contribution < 1.29 is 22.7 Å². The molecule has 96 valence electrons. The summed E-state index contributed by atoms with van der Waals surface area (Å²) in [4.78, 5) is 11.1. The number of carbonyl (C=O) groups excluding carboxylic acids is 1. The predicted octanol–water partition coefficient (Wildman–Crippen LogP) is 2.67. The van der Waals surface area contributed by atoms with Crippen molar-refractivity contribution >= 4 is 22.7 Å². The van der Waals surface area contributed by atoms with Crippen LogP contribution in [0.15, 0.2) is 24.4 Å². The predicted molar refractivity (Wildman–Crippen MR) is 57.1 cm³/mol. The summed E-state index contributed by atoms with van der Waals surface area (Å²) in [6.07, 6.45) is -4.16. The fourth-order valence-corrected chi connectivity index (χ4v) is 1.32. The van der Waals surface area contributed by atoms with Gasteiger partial charge in [-0.2, -0.15) is 18.3 Å². The third kappa shape index (κ3) is 3.12. The average Bonchev–Trinajstić information content (AvgIpc) is 2.72. The number of rotatable bonds is 2. The summed E-state index contributed by atoms with van der Waals surface area (Å²) in [5.41, 5.74) is 1.08. The minimum absolute atomic E-state index is 0.330. The van der Waals surface area contributed by atoms with Gasteiger partial charge in [0, 0.05) is 11.1 Å². The Labute approximate surface area is 98.9 Å². The van der Waals surface area contributed by atoms with Crippen LogP contribution < -0.4 is 5.32 Å². The number of alkyl halides is 3. The zero-order chi connectivity index (χ0) is 13.2. The number of hydrogen-bond acceptors (Lipinski definition) is 3. The van der Waals surface area contributed by atoms with Crippen LogP contribution in [-0.4, -0.2) is 29.1 Å². The standard InChI is InChI=1S/C10H8F3N3O2/c11-10(12,13)5-18-9(17)15-7-1-2-8-6(3-7)4-14-16-8/h1-4H,5H2,(H,14,16)(H,15,17). The van der Waals surface area contributed by atoms with Gasteiger partial charge in [-0.05, 0) is 18.2 Å². The third-order valence-electron chi connectivity index (χ3n) is 2.05. The number of nitrogens with one attached hydrogen (secondary N) is 2. The Hall–Kier alpha value is -2.25. The SMILES string of the molecule is O=C(Nc1ccc2[nH]ncc2c1)OCC(F)(F)F. The molecule has 0 saturated carbocycles. The van der Waals surface area contributed by atoms with Gasteiger partial charge < -0.3 is 4.74 Å². The molecular weight excluding hydrogens is 251 g/mol. The Balaban J connectivity index is 1.98. The van der Waals surface area contributed by atoms with Crippen molar-refractivity contribution in [3.63, 3.8) is 0 Å². The van der Waals surface area contributed by atoms with Gasteiger partial charge in [0.1, 0.15) is 0 Å². The van der Waals surface area contributed by atoms with Crippen molar-refractivity contribution in [3.8, 4) is 0 Å². The minimum Gasteiger partial charge on any atom is -0.440 e. The van der Waals surface area contributed by atoms with Crippen LogP contribution in [0.2, 0.25) is 0 Å². The fraction of sp³-hybridized carbons (Fsp3) is 0.200. The lowest BCUT2D eigenvalue weighted by atomic mass is 10.2. The Morgan fingerprint density at radius 1 is 1.44 bits per heavy atom. The largest absolute Gasteiger partial charge is 0.440 e. The van der Waals surface area contributed by atoms with Crippen LogP contribution in [0.1, 0.15) is 0 Å². The van der Waals surface area contributed by atoms with Gasteiger partial charge in [0.2, 0.25) is 0 Å². The van der Waals surface area contributed by atoms with E-state index in [1.165, 1.54) is 12.3 Å². The summed E-state index contributed by atoms with van der Waals surface area (Å²) in [6.45, 7) is -1.62. The van der Waals surface area contributed by atoms with Gasteiger partial charge in [0.25, 0.3) is 0 Å². The topological polar surface area (TPSA) is 67.0 Å². The highest BCUT2D eigenvalue weighted by molar-refractivity contribution is 5.89. The first-order valence-corrected chi connectivity index (χ1v) is 4.88. The van der Waals surface area contributed by atoms with Crippen LogP contribution in [0, 0.1) is 0 Å². The molecule has 1 heterocycles. The van der Waals surface area contributed by atoms with Gasteiger partial charge in [-0.3, -0.25) is 10.4 Å². The van der Waals surface area contributed by atoms with Crippen LogP contribution in [-0.2, 0) is 4.74 Å². The molecule has 0 spiro atoms. The number of nitrogens with zero attached hydrogens (tertiary/aromatic N) is 1. The summed E-state index contributed by atoms with van der Waals surface area (Å²) in [6, 6.07) is 4.73. The van der Waals surface area contributed by atoms with E-state index in [0.29, 0.717) is 5.69 Å². The first-order chi connectivity index (χ1) is 8.44. The molecule has 0 aliphatic rings. The van der Waals surface area contributed by atoms with E-state index in [2.05, 4.69) is 20.3 Å². The number of benzene rings is 1. The molecular formula is C10H8F3N3O2. The molecule has 5 nitrogen and oxygen atoms in total. The minimum atomic E-state index is -4.54. The lowest BCUT2D eigenvalue weighted by molar-refractivity contribution is -0.159. The molecule has 2 aromatic rings. The Morgan fingerprint density at radius 3 is 2.94 bits per heavy atom. The van der Waals surface area contributed by atoms with Crippen molar-refractivity contribution in [2.75, 3.05) is 11.9 Å². The summed E-state index contributed by atoms with van der Waals surface area (Å²) in [5, 5.41) is 9.39. The van der Waals surface area contributed by atoms with Crippen LogP contribution in [0.3, 0.4) is 0 Å². The Morgan fingerprint density at radius 2 is 2.22 bits per heavy atom. The van der Waals surface area contributed by atoms with Gasteiger partial charge in [0.15, 0.2) is 6.61 Å². The summed E-state index contributed by atoms with van der Waals surface area (Å²) < 4.78 is 39.4. The van der Waals surface area contributed by atoms with E-state index in [0.717, 1.165) is 10.9 Å². The molecule has 1 aromatic carbocycles. The second-order valence-corrected chi connectivity index (χ2v) is 3.49. The Bertz CT molecular complexity index is 565. The molecule has 18 heavy (non-hydrogen) atoms. The van der Waals surface area contributed by atoms with Crippen molar-refractivity contribution in [3.05, 3.63) is 24.4 Å². The van der Waals surface area contributed by atoms with Gasteiger partial charge in [0.05, 0.1) is 11.7 Å². The maximum absolute atomic E-state index is 11.8. The molecule has 0 saturated heterocycles. The van der Waals surface area contributed by atoms with E-state index in [1.807, 2.05) is 0 Å². The number of carbonyl (C=O) groups is 1. The van der Waals surface area contributed by atoms with Crippen molar-refractivity contribution in [1.29, 1.82) is 0 Å². The molecule has 2 rings (SSSR count). The van der Waals surface area contributed by atoms with Gasteiger partial charge in [-0.25, -0.2) is 4.79 Å². The average molecular weight is 259 g/mol. The molecule has 0 aliphatic heterocycles. The maximum Gasteiger partial charge on any atom is 0.422 e. The lowest BCUT2D eigenvalue weighted by Crippen LogP contribution is -2.23. The molecule has 0 fully saturated rings. The first-order valence-electron chi connectivity index (χ1n) is 4.88. The molecule has 0 aliphatic carbocycles. The van der Waals surface area contributed by atoms with Crippen molar-refractivity contribution in [2.45, 2.75) is 6.18 Å². The highest BCUT2D eigenvalue weighted by Crippen LogP contribution is 2.18. The van der Waals surface area contributed by atoms with Gasteiger partial charge in [-0.15, -0.1) is 0 Å². The number of fused-ring (bicyclic) bond motifs is 1. The lowest BCUT2D eigenvalue weighted by Gasteiger charge is -2.09. The first kappa shape index (κ1) is 12.2. The van der Waals surface area contributed by atoms with Crippen molar-refractivity contribution in [1.82, 2.24) is 10.2 Å². The monoisotopic (exact) mass is 259 g/mol. The molecule has 0 radical (unpaired) electrons. The number of aromatic nitrogens is 2. The highest BCUT2D eigenvalue weighted by Gasteiger charge is 2.29. The molecule has 0 bridgehead atoms. The van der Waals surface area contributed by atoms with E-state index in [1.54, 1.807) is 12.1 Å². The van der Waals surface area contributed by atoms with Crippen molar-refractivity contribution in [2.24, 2.45) is 0 Å². The van der Waals surface area contributed by atoms with E-state index in [9.17, 15) is 18.0 Å². The smallest absolute Gasteiger partial charge is 0.422 e. The fourth-order valence-electron chi connectivity index (χ4n) is 1.32. The third-order valence-corrected chi connectivity index (χ3v) is 2.05. The molecule has 0 atom stereocenters. The number of H-pyrrole nitrogens is 1. The molecule has 1 aromatic heterocycles. The van der Waals surface area contributed by atoms with Gasteiger partial charge in [-0.1, -0.05) is 0 Å². The van der Waals surface area contributed by atoms with Crippen LogP contribution in [0.4, 0.5) is 23.7 Å². The number of anilines is 1. The molecule has 0 unspecified atom stereocenters. The second-order valence-electron chi connectivity index (χ2n) is 3.49. The summed E-state index contributed by atoms with van der Waals surface area (Å²) in [7, 11) is 0.